The van der Waals surface area contributed by atoms with E-state index in [1.165, 1.54) is 0 Å². The number of fused-ring (bicyclic) bond motifs is 1. The average Bonchev–Trinajstić information content (AvgIpc) is 3.17. The predicted octanol–water partition coefficient (Wildman–Crippen LogP) is 5.13. The van der Waals surface area contributed by atoms with E-state index in [1.54, 1.807) is 42.5 Å². The molecule has 4 nitrogen and oxygen atoms in total. The molecule has 4 aromatic rings. The maximum Gasteiger partial charge on any atom is 0.344 e. The maximum atomic E-state index is 12.7. The highest BCUT2D eigenvalue weighted by atomic mass is 16.5. The summed E-state index contributed by atoms with van der Waals surface area (Å²) in [7, 11) is 0. The molecule has 126 valence electrons. The van der Waals surface area contributed by atoms with Gasteiger partial charge in [0.2, 0.25) is 0 Å². The van der Waals surface area contributed by atoms with E-state index in [2.05, 4.69) is 0 Å². The van der Waals surface area contributed by atoms with Crippen LogP contribution in [0, 0.1) is 0 Å². The van der Waals surface area contributed by atoms with Gasteiger partial charge in [-0.05, 0) is 41.1 Å². The van der Waals surface area contributed by atoms with Gasteiger partial charge in [0.25, 0.3) is 0 Å². The number of ether oxygens (including phenoxy) is 1. The van der Waals surface area contributed by atoms with Gasteiger partial charge in [-0.15, -0.1) is 0 Å². The number of esters is 1. The van der Waals surface area contributed by atoms with Crippen molar-refractivity contribution in [3.05, 3.63) is 90.2 Å². The highest BCUT2D eigenvalue weighted by Gasteiger charge is 2.17. The maximum absolute atomic E-state index is 12.7. The Morgan fingerprint density at radius 3 is 2.42 bits per heavy atom. The quantitative estimate of drug-likeness (QED) is 0.293. The molecule has 26 heavy (non-hydrogen) atoms. The van der Waals surface area contributed by atoms with E-state index in [9.17, 15) is 9.59 Å². The molecule has 0 aliphatic heterocycles. The van der Waals surface area contributed by atoms with Gasteiger partial charge in [0.1, 0.15) is 11.5 Å². The summed E-state index contributed by atoms with van der Waals surface area (Å²) in [4.78, 5) is 23.5. The standard InChI is InChI=1S/C22H14O4/c23-14-18-11-12-21(25-18)19-7-3-4-8-20(19)22(24)26-17-10-9-15-5-1-2-6-16(15)13-17/h1-14H. The molecule has 1 aromatic heterocycles. The van der Waals surface area contributed by atoms with Crippen molar-refractivity contribution < 1.29 is 18.7 Å². The van der Waals surface area contributed by atoms with Crippen LogP contribution in [0.5, 0.6) is 5.75 Å². The minimum absolute atomic E-state index is 0.206. The van der Waals surface area contributed by atoms with Gasteiger partial charge in [-0.2, -0.15) is 0 Å². The predicted molar refractivity (Wildman–Crippen MR) is 98.4 cm³/mol. The molecule has 0 radical (unpaired) electrons. The molecule has 0 bridgehead atoms. The summed E-state index contributed by atoms with van der Waals surface area (Å²) in [5, 5.41) is 2.07. The molecule has 0 fully saturated rings. The monoisotopic (exact) mass is 342 g/mol. The Labute approximate surface area is 149 Å². The second kappa shape index (κ2) is 6.69. The van der Waals surface area contributed by atoms with Crippen LogP contribution in [0.1, 0.15) is 20.9 Å². The first kappa shape index (κ1) is 15.8. The summed E-state index contributed by atoms with van der Waals surface area (Å²) >= 11 is 0. The number of furan rings is 1. The second-order valence-electron chi connectivity index (χ2n) is 5.76. The summed E-state index contributed by atoms with van der Waals surface area (Å²) in [6, 6.07) is 23.6. The molecule has 0 saturated carbocycles. The van der Waals surface area contributed by atoms with Crippen molar-refractivity contribution in [2.24, 2.45) is 0 Å². The summed E-state index contributed by atoms with van der Waals surface area (Å²) in [5.41, 5.74) is 0.943. The normalized spacial score (nSPS) is 10.6. The Morgan fingerprint density at radius 1 is 0.846 bits per heavy atom. The van der Waals surface area contributed by atoms with Crippen LogP contribution >= 0.6 is 0 Å². The molecular weight excluding hydrogens is 328 g/mol. The van der Waals surface area contributed by atoms with E-state index in [1.807, 2.05) is 36.4 Å². The largest absolute Gasteiger partial charge is 0.453 e. The molecule has 0 unspecified atom stereocenters. The summed E-state index contributed by atoms with van der Waals surface area (Å²) in [5.74, 6) is 0.632. The van der Waals surface area contributed by atoms with E-state index in [4.69, 9.17) is 9.15 Å². The second-order valence-corrected chi connectivity index (χ2v) is 5.76. The van der Waals surface area contributed by atoms with Crippen LogP contribution in [0.4, 0.5) is 0 Å². The number of benzene rings is 3. The number of rotatable bonds is 4. The van der Waals surface area contributed by atoms with Gasteiger partial charge in [0, 0.05) is 5.56 Å². The van der Waals surface area contributed by atoms with Crippen molar-refractivity contribution in [3.8, 4) is 17.1 Å². The molecular formula is C22H14O4. The molecule has 0 aliphatic carbocycles. The molecule has 0 atom stereocenters. The third-order valence-corrected chi connectivity index (χ3v) is 4.09. The lowest BCUT2D eigenvalue weighted by atomic mass is 10.1. The Balaban J connectivity index is 1.66. The molecule has 4 heteroatoms. The third kappa shape index (κ3) is 3.00. The van der Waals surface area contributed by atoms with Crippen LogP contribution in [0.25, 0.3) is 22.1 Å². The van der Waals surface area contributed by atoms with E-state index in [0.717, 1.165) is 10.8 Å². The number of carbonyl (C=O) groups is 2. The third-order valence-electron chi connectivity index (χ3n) is 4.09. The van der Waals surface area contributed by atoms with Gasteiger partial charge in [0.05, 0.1) is 5.56 Å². The molecule has 0 amide bonds. The van der Waals surface area contributed by atoms with Crippen molar-refractivity contribution in [2.75, 3.05) is 0 Å². The smallest absolute Gasteiger partial charge is 0.344 e. The topological polar surface area (TPSA) is 56.5 Å². The molecule has 0 spiro atoms. The van der Waals surface area contributed by atoms with Crippen molar-refractivity contribution >= 4 is 23.0 Å². The van der Waals surface area contributed by atoms with Gasteiger partial charge in [-0.1, -0.05) is 48.5 Å². The first-order chi connectivity index (χ1) is 12.7. The van der Waals surface area contributed by atoms with Crippen molar-refractivity contribution in [2.45, 2.75) is 0 Å². The lowest BCUT2D eigenvalue weighted by Crippen LogP contribution is -2.09. The molecule has 4 rings (SSSR count). The van der Waals surface area contributed by atoms with Crippen LogP contribution in [0.3, 0.4) is 0 Å². The first-order valence-electron chi connectivity index (χ1n) is 8.10. The molecule has 0 saturated heterocycles. The Morgan fingerprint density at radius 2 is 1.62 bits per heavy atom. The van der Waals surface area contributed by atoms with Crippen LogP contribution < -0.4 is 4.74 Å². The van der Waals surface area contributed by atoms with Crippen molar-refractivity contribution in [1.82, 2.24) is 0 Å². The Bertz CT molecular complexity index is 1110. The average molecular weight is 342 g/mol. The zero-order valence-corrected chi connectivity index (χ0v) is 13.7. The van der Waals surface area contributed by atoms with Gasteiger partial charge < -0.3 is 9.15 Å². The fourth-order valence-corrected chi connectivity index (χ4v) is 2.83. The number of aldehydes is 1. The van der Waals surface area contributed by atoms with Crippen molar-refractivity contribution in [1.29, 1.82) is 0 Å². The lowest BCUT2D eigenvalue weighted by Gasteiger charge is -2.08. The fraction of sp³-hybridized carbons (Fsp3) is 0. The van der Waals surface area contributed by atoms with Gasteiger partial charge >= 0.3 is 5.97 Å². The first-order valence-corrected chi connectivity index (χ1v) is 8.10. The summed E-state index contributed by atoms with van der Waals surface area (Å²) in [6.07, 6.45) is 0.625. The molecule has 0 aliphatic rings. The molecule has 0 N–H and O–H groups in total. The zero-order valence-electron chi connectivity index (χ0n) is 13.7. The number of hydrogen-bond donors (Lipinski definition) is 0. The highest BCUT2D eigenvalue weighted by molar-refractivity contribution is 5.98. The zero-order chi connectivity index (χ0) is 17.9. The van der Waals surface area contributed by atoms with Crippen LogP contribution in [0.15, 0.2) is 83.3 Å². The van der Waals surface area contributed by atoms with Gasteiger partial charge in [-0.25, -0.2) is 4.79 Å². The van der Waals surface area contributed by atoms with Crippen LogP contribution in [-0.4, -0.2) is 12.3 Å². The van der Waals surface area contributed by atoms with E-state index in [0.29, 0.717) is 28.9 Å². The highest BCUT2D eigenvalue weighted by Crippen LogP contribution is 2.27. The SMILES string of the molecule is O=Cc1ccc(-c2ccccc2C(=O)Oc2ccc3ccccc3c2)o1. The van der Waals surface area contributed by atoms with Crippen molar-refractivity contribution in [3.63, 3.8) is 0 Å². The minimum atomic E-state index is -0.486. The lowest BCUT2D eigenvalue weighted by molar-refractivity contribution is 0.0735. The number of carbonyl (C=O) groups excluding carboxylic acids is 2. The van der Waals surface area contributed by atoms with Gasteiger partial charge in [0.15, 0.2) is 12.0 Å². The fourth-order valence-electron chi connectivity index (χ4n) is 2.83. The Kier molecular flexibility index (Phi) is 4.07. The van der Waals surface area contributed by atoms with E-state index < -0.39 is 5.97 Å². The Hall–Kier alpha value is -3.66. The molecule has 3 aromatic carbocycles. The van der Waals surface area contributed by atoms with Gasteiger partial charge in [-0.3, -0.25) is 4.79 Å². The minimum Gasteiger partial charge on any atom is -0.453 e. The van der Waals surface area contributed by atoms with E-state index >= 15 is 0 Å². The van der Waals surface area contributed by atoms with Crippen LogP contribution in [0.2, 0.25) is 0 Å². The summed E-state index contributed by atoms with van der Waals surface area (Å²) < 4.78 is 11.0. The number of hydrogen-bond acceptors (Lipinski definition) is 4. The molecule has 1 heterocycles. The van der Waals surface area contributed by atoms with Crippen LogP contribution in [-0.2, 0) is 0 Å². The van der Waals surface area contributed by atoms with E-state index in [-0.39, 0.29) is 5.76 Å². The summed E-state index contributed by atoms with van der Waals surface area (Å²) in [6.45, 7) is 0.